The topological polar surface area (TPSA) is 62.2 Å². The number of carboxylic acids is 1. The summed E-state index contributed by atoms with van der Waals surface area (Å²) in [6.45, 7) is 4.20. The second-order valence-corrected chi connectivity index (χ2v) is 4.50. The maximum absolute atomic E-state index is 11.2. The van der Waals surface area contributed by atoms with E-state index >= 15 is 0 Å². The molecule has 1 aromatic heterocycles. The summed E-state index contributed by atoms with van der Waals surface area (Å²) in [5.74, 6) is -0.620. The number of benzene rings is 1. The van der Waals surface area contributed by atoms with Crippen LogP contribution in [0.5, 0.6) is 0 Å². The quantitative estimate of drug-likeness (QED) is 0.870. The average molecular weight is 244 g/mol. The summed E-state index contributed by atoms with van der Waals surface area (Å²) >= 11 is 0. The minimum Gasteiger partial charge on any atom is -0.478 e. The zero-order chi connectivity index (χ0) is 13.3. The number of aromatic carboxylic acids is 1. The molecule has 2 rings (SSSR count). The summed E-state index contributed by atoms with van der Waals surface area (Å²) in [5.41, 5.74) is 2.81. The van der Waals surface area contributed by atoms with E-state index in [1.165, 1.54) is 6.20 Å². The molecule has 1 heterocycles. The van der Waals surface area contributed by atoms with Gasteiger partial charge in [-0.15, -0.1) is 0 Å². The maximum Gasteiger partial charge on any atom is 0.339 e. The van der Waals surface area contributed by atoms with Gasteiger partial charge in [-0.25, -0.2) is 4.79 Å². The minimum absolute atomic E-state index is 0.200. The first-order chi connectivity index (χ1) is 8.56. The molecule has 4 heteroatoms. The van der Waals surface area contributed by atoms with Gasteiger partial charge in [-0.1, -0.05) is 32.0 Å². The van der Waals surface area contributed by atoms with Crippen LogP contribution in [0.3, 0.4) is 0 Å². The van der Waals surface area contributed by atoms with Crippen LogP contribution in [-0.4, -0.2) is 23.1 Å². The summed E-state index contributed by atoms with van der Waals surface area (Å²) in [4.78, 5) is 15.5. The van der Waals surface area contributed by atoms with Gasteiger partial charge in [0.2, 0.25) is 0 Å². The van der Waals surface area contributed by atoms with Gasteiger partial charge in [0.15, 0.2) is 0 Å². The highest BCUT2D eigenvalue weighted by Gasteiger charge is 2.15. The van der Waals surface area contributed by atoms with Gasteiger partial charge in [-0.2, -0.15) is 0 Å². The fourth-order valence-corrected chi connectivity index (χ4v) is 2.14. The molecule has 0 unspecified atom stereocenters. The van der Waals surface area contributed by atoms with Crippen molar-refractivity contribution in [2.24, 2.45) is 0 Å². The van der Waals surface area contributed by atoms with Crippen LogP contribution < -0.4 is 5.32 Å². The Morgan fingerprint density at radius 3 is 2.67 bits per heavy atom. The Bertz CT molecular complexity index is 606. The highest BCUT2D eigenvalue weighted by molar-refractivity contribution is 6.04. The molecule has 94 valence electrons. The molecule has 4 nitrogen and oxygen atoms in total. The van der Waals surface area contributed by atoms with Crippen molar-refractivity contribution in [2.75, 3.05) is 12.4 Å². The van der Waals surface area contributed by atoms with Gasteiger partial charge >= 0.3 is 5.97 Å². The van der Waals surface area contributed by atoms with E-state index in [4.69, 9.17) is 5.11 Å². The molecule has 2 aromatic rings. The predicted octanol–water partition coefficient (Wildman–Crippen LogP) is 3.10. The van der Waals surface area contributed by atoms with Gasteiger partial charge in [0.05, 0.1) is 11.2 Å². The third kappa shape index (κ3) is 1.90. The Balaban J connectivity index is 2.83. The molecule has 0 saturated carbocycles. The van der Waals surface area contributed by atoms with Crippen molar-refractivity contribution in [3.05, 3.63) is 35.5 Å². The van der Waals surface area contributed by atoms with Crippen molar-refractivity contribution in [2.45, 2.75) is 19.8 Å². The van der Waals surface area contributed by atoms with Crippen LogP contribution >= 0.6 is 0 Å². The van der Waals surface area contributed by atoms with E-state index in [0.717, 1.165) is 16.5 Å². The highest BCUT2D eigenvalue weighted by Crippen LogP contribution is 2.30. The largest absolute Gasteiger partial charge is 0.478 e. The molecule has 0 aliphatic carbocycles. The molecular formula is C14H16N2O2. The fourth-order valence-electron chi connectivity index (χ4n) is 2.14. The van der Waals surface area contributed by atoms with Crippen LogP contribution in [0.4, 0.5) is 5.69 Å². The smallest absolute Gasteiger partial charge is 0.339 e. The lowest BCUT2D eigenvalue weighted by molar-refractivity contribution is 0.0697. The molecule has 0 bridgehead atoms. The van der Waals surface area contributed by atoms with E-state index in [0.29, 0.717) is 11.6 Å². The molecule has 0 spiro atoms. The molecule has 1 aromatic carbocycles. The fraction of sp³-hybridized carbons (Fsp3) is 0.286. The zero-order valence-electron chi connectivity index (χ0n) is 10.7. The Morgan fingerprint density at radius 1 is 1.39 bits per heavy atom. The lowest BCUT2D eigenvalue weighted by Gasteiger charge is -2.13. The molecule has 0 atom stereocenters. The molecule has 0 radical (unpaired) electrons. The normalized spacial score (nSPS) is 10.9. The van der Waals surface area contributed by atoms with Gasteiger partial charge in [-0.3, -0.25) is 4.98 Å². The molecule has 2 N–H and O–H groups in total. The first-order valence-corrected chi connectivity index (χ1v) is 5.89. The summed E-state index contributed by atoms with van der Waals surface area (Å²) in [7, 11) is 1.73. The first kappa shape index (κ1) is 12.4. The van der Waals surface area contributed by atoms with Crippen LogP contribution in [0, 0.1) is 0 Å². The molecule has 0 saturated heterocycles. The Morgan fingerprint density at radius 2 is 2.11 bits per heavy atom. The van der Waals surface area contributed by atoms with Crippen LogP contribution in [-0.2, 0) is 0 Å². The number of para-hydroxylation sites is 1. The second-order valence-electron chi connectivity index (χ2n) is 4.50. The second kappa shape index (κ2) is 4.64. The monoisotopic (exact) mass is 244 g/mol. The van der Waals surface area contributed by atoms with Crippen LogP contribution in [0.1, 0.15) is 35.7 Å². The van der Waals surface area contributed by atoms with Crippen molar-refractivity contribution in [3.8, 4) is 0 Å². The Labute approximate surface area is 106 Å². The number of rotatable bonds is 3. The maximum atomic E-state index is 11.2. The van der Waals surface area contributed by atoms with Gasteiger partial charge in [-0.05, 0) is 11.5 Å². The number of hydrogen-bond donors (Lipinski definition) is 2. The summed E-state index contributed by atoms with van der Waals surface area (Å²) in [6.07, 6.45) is 1.42. The SMILES string of the molecule is CNc1c(C(=O)O)cnc2c(C(C)C)cccc12. The Hall–Kier alpha value is -2.10. The lowest BCUT2D eigenvalue weighted by atomic mass is 9.98. The van der Waals surface area contributed by atoms with E-state index in [9.17, 15) is 4.79 Å². The standard InChI is InChI=1S/C14H16N2O2/c1-8(2)9-5-4-6-10-12(15-3)11(14(17)18)7-16-13(9)10/h4-8H,1-3H3,(H,15,16)(H,17,18). The van der Waals surface area contributed by atoms with Gasteiger partial charge in [0.25, 0.3) is 0 Å². The van der Waals surface area contributed by atoms with Crippen LogP contribution in [0.25, 0.3) is 10.9 Å². The van der Waals surface area contributed by atoms with Crippen LogP contribution in [0.2, 0.25) is 0 Å². The third-order valence-electron chi connectivity index (χ3n) is 3.03. The zero-order valence-corrected chi connectivity index (χ0v) is 10.7. The number of fused-ring (bicyclic) bond motifs is 1. The average Bonchev–Trinajstić information content (AvgIpc) is 2.35. The van der Waals surface area contributed by atoms with Gasteiger partial charge < -0.3 is 10.4 Å². The van der Waals surface area contributed by atoms with Crippen molar-refractivity contribution in [1.29, 1.82) is 0 Å². The molecule has 0 fully saturated rings. The van der Waals surface area contributed by atoms with E-state index in [1.54, 1.807) is 7.05 Å². The van der Waals surface area contributed by atoms with Crippen molar-refractivity contribution >= 4 is 22.6 Å². The molecular weight excluding hydrogens is 228 g/mol. The van der Waals surface area contributed by atoms with E-state index in [2.05, 4.69) is 24.1 Å². The number of carboxylic acid groups (broad SMARTS) is 1. The van der Waals surface area contributed by atoms with Crippen LogP contribution in [0.15, 0.2) is 24.4 Å². The van der Waals surface area contributed by atoms with Crippen molar-refractivity contribution in [1.82, 2.24) is 4.98 Å². The van der Waals surface area contributed by atoms with E-state index in [1.807, 2.05) is 18.2 Å². The minimum atomic E-state index is -0.969. The Kier molecular flexibility index (Phi) is 3.19. The molecule has 0 amide bonds. The molecule has 0 aliphatic rings. The number of pyridine rings is 1. The summed E-state index contributed by atoms with van der Waals surface area (Å²) < 4.78 is 0. The number of carbonyl (C=O) groups is 1. The molecule has 0 aliphatic heterocycles. The number of hydrogen-bond acceptors (Lipinski definition) is 3. The first-order valence-electron chi connectivity index (χ1n) is 5.89. The van der Waals surface area contributed by atoms with E-state index in [-0.39, 0.29) is 5.56 Å². The predicted molar refractivity (Wildman–Crippen MR) is 72.3 cm³/mol. The summed E-state index contributed by atoms with van der Waals surface area (Å²) in [6, 6.07) is 5.86. The van der Waals surface area contributed by atoms with Gasteiger partial charge in [0, 0.05) is 18.6 Å². The number of anilines is 1. The number of nitrogens with zero attached hydrogens (tertiary/aromatic N) is 1. The molecule has 18 heavy (non-hydrogen) atoms. The lowest BCUT2D eigenvalue weighted by Crippen LogP contribution is -2.05. The summed E-state index contributed by atoms with van der Waals surface area (Å²) in [5, 5.41) is 13.0. The van der Waals surface area contributed by atoms with Crippen molar-refractivity contribution < 1.29 is 9.90 Å². The number of aromatic nitrogens is 1. The number of nitrogens with one attached hydrogen (secondary N) is 1. The van der Waals surface area contributed by atoms with Gasteiger partial charge in [0.1, 0.15) is 5.56 Å². The highest BCUT2D eigenvalue weighted by atomic mass is 16.4. The van der Waals surface area contributed by atoms with Crippen molar-refractivity contribution in [3.63, 3.8) is 0 Å². The third-order valence-corrected chi connectivity index (χ3v) is 3.03. The van der Waals surface area contributed by atoms with E-state index < -0.39 is 5.97 Å².